The van der Waals surface area contributed by atoms with Crippen LogP contribution in [0.5, 0.6) is 0 Å². The normalized spacial score (nSPS) is 17.8. The van der Waals surface area contributed by atoms with E-state index >= 15 is 0 Å². The maximum Gasteiger partial charge on any atom is 0.433 e. The van der Waals surface area contributed by atoms with Crippen LogP contribution in [-0.4, -0.2) is 30.6 Å². The standard InChI is InChI=1S/C21H19F7N2O3S.CH4/c1-19(2,34(32,33)16-8-13(20(23,24)25)7-14(22)10-16)12-5-6-30(18(31)9-12)15-3-4-17(29-11-15)21(26,27)28;/h3-4,7-8,10-12H,5-6,9H2,1-2H3;1H4/t12-;/m0./s1. The van der Waals surface area contributed by atoms with Crippen LogP contribution >= 0.6 is 0 Å². The number of hydrogen-bond acceptors (Lipinski definition) is 4. The van der Waals surface area contributed by atoms with Crippen molar-refractivity contribution in [1.29, 1.82) is 0 Å². The van der Waals surface area contributed by atoms with Crippen molar-refractivity contribution in [1.82, 2.24) is 4.98 Å². The van der Waals surface area contributed by atoms with E-state index in [9.17, 15) is 43.9 Å². The molecule has 0 bridgehead atoms. The molecule has 0 radical (unpaired) electrons. The highest BCUT2D eigenvalue weighted by Crippen LogP contribution is 2.41. The molecule has 5 nitrogen and oxygen atoms in total. The average Bonchev–Trinajstić information content (AvgIpc) is 2.72. The zero-order valence-corrected chi connectivity index (χ0v) is 18.7. The lowest BCUT2D eigenvalue weighted by atomic mass is 9.85. The van der Waals surface area contributed by atoms with Gasteiger partial charge in [0.25, 0.3) is 0 Å². The Hall–Kier alpha value is -2.70. The summed E-state index contributed by atoms with van der Waals surface area (Å²) in [6.07, 6.45) is -8.99. The number of carbonyl (C=O) groups is 1. The number of hydrogen-bond donors (Lipinski definition) is 0. The van der Waals surface area contributed by atoms with Crippen molar-refractivity contribution in [2.24, 2.45) is 5.92 Å². The van der Waals surface area contributed by atoms with Gasteiger partial charge in [0.15, 0.2) is 9.84 Å². The van der Waals surface area contributed by atoms with Crippen molar-refractivity contribution in [3.05, 3.63) is 53.6 Å². The maximum atomic E-state index is 13.8. The molecule has 13 heteroatoms. The number of piperidine rings is 1. The molecule has 1 aliphatic rings. The van der Waals surface area contributed by atoms with Crippen molar-refractivity contribution in [3.8, 4) is 0 Å². The number of pyridine rings is 1. The zero-order chi connectivity index (χ0) is 25.7. The Morgan fingerprint density at radius 2 is 1.63 bits per heavy atom. The predicted molar refractivity (Wildman–Crippen MR) is 114 cm³/mol. The quantitative estimate of drug-likeness (QED) is 0.465. The monoisotopic (exact) mass is 528 g/mol. The first-order valence-corrected chi connectivity index (χ1v) is 11.4. The Kier molecular flexibility index (Phi) is 7.66. The lowest BCUT2D eigenvalue weighted by molar-refractivity contribution is -0.141. The Morgan fingerprint density at radius 3 is 2.11 bits per heavy atom. The number of alkyl halides is 6. The Balaban J connectivity index is 0.00000432. The molecule has 194 valence electrons. The van der Waals surface area contributed by atoms with Gasteiger partial charge < -0.3 is 4.90 Å². The van der Waals surface area contributed by atoms with E-state index in [0.717, 1.165) is 17.2 Å². The number of rotatable bonds is 4. The summed E-state index contributed by atoms with van der Waals surface area (Å²) in [5.41, 5.74) is -2.50. The van der Waals surface area contributed by atoms with E-state index in [4.69, 9.17) is 0 Å². The molecule has 1 atom stereocenters. The lowest BCUT2D eigenvalue weighted by Crippen LogP contribution is -2.48. The van der Waals surface area contributed by atoms with E-state index in [-0.39, 0.29) is 38.6 Å². The van der Waals surface area contributed by atoms with E-state index in [1.165, 1.54) is 13.8 Å². The minimum Gasteiger partial charge on any atom is -0.311 e. The van der Waals surface area contributed by atoms with Gasteiger partial charge in [0, 0.05) is 13.0 Å². The number of carbonyl (C=O) groups excluding carboxylic acids is 1. The summed E-state index contributed by atoms with van der Waals surface area (Å²) in [5, 5.41) is 0. The van der Waals surface area contributed by atoms with Crippen LogP contribution in [0, 0.1) is 11.7 Å². The lowest BCUT2D eigenvalue weighted by Gasteiger charge is -2.39. The number of sulfone groups is 1. The van der Waals surface area contributed by atoms with Gasteiger partial charge in [0.05, 0.1) is 27.1 Å². The minimum absolute atomic E-state index is 0. The van der Waals surface area contributed by atoms with E-state index in [1.54, 1.807) is 0 Å². The van der Waals surface area contributed by atoms with Crippen LogP contribution in [0.25, 0.3) is 0 Å². The molecule has 0 saturated carbocycles. The highest BCUT2D eigenvalue weighted by molar-refractivity contribution is 7.92. The number of aromatic nitrogens is 1. The summed E-state index contributed by atoms with van der Waals surface area (Å²) in [4.78, 5) is 16.3. The third-order valence-corrected chi connectivity index (χ3v) is 8.53. The molecule has 1 fully saturated rings. The molecule has 0 aliphatic carbocycles. The van der Waals surface area contributed by atoms with Crippen LogP contribution in [0.2, 0.25) is 0 Å². The van der Waals surface area contributed by atoms with Crippen LogP contribution in [0.4, 0.5) is 36.4 Å². The second-order valence-corrected chi connectivity index (χ2v) is 10.9. The third kappa shape index (κ3) is 5.60. The molecule has 1 aromatic heterocycles. The molecule has 1 amide bonds. The molecule has 3 rings (SSSR count). The van der Waals surface area contributed by atoms with Crippen molar-refractivity contribution in [2.45, 2.75) is 56.1 Å². The summed E-state index contributed by atoms with van der Waals surface area (Å²) >= 11 is 0. The van der Waals surface area contributed by atoms with Gasteiger partial charge in [0.2, 0.25) is 5.91 Å². The van der Waals surface area contributed by atoms with Crippen molar-refractivity contribution >= 4 is 21.4 Å². The summed E-state index contributed by atoms with van der Waals surface area (Å²) in [5.74, 6) is -2.80. The smallest absolute Gasteiger partial charge is 0.311 e. The second-order valence-electron chi connectivity index (χ2n) is 8.41. The van der Waals surface area contributed by atoms with Gasteiger partial charge in [-0.25, -0.2) is 17.8 Å². The van der Waals surface area contributed by atoms with Gasteiger partial charge in [-0.2, -0.15) is 26.3 Å². The van der Waals surface area contributed by atoms with E-state index in [0.29, 0.717) is 18.2 Å². The predicted octanol–water partition coefficient (Wildman–Crippen LogP) is 5.89. The van der Waals surface area contributed by atoms with Crippen LogP contribution < -0.4 is 4.90 Å². The van der Waals surface area contributed by atoms with Gasteiger partial charge in [-0.1, -0.05) is 7.43 Å². The van der Waals surface area contributed by atoms with Gasteiger partial charge in [-0.05, 0) is 56.5 Å². The Morgan fingerprint density at radius 1 is 1.00 bits per heavy atom. The molecule has 2 aromatic rings. The fourth-order valence-electron chi connectivity index (χ4n) is 3.82. The molecule has 2 heterocycles. The average molecular weight is 528 g/mol. The van der Waals surface area contributed by atoms with Crippen molar-refractivity contribution in [3.63, 3.8) is 0 Å². The molecule has 0 N–H and O–H groups in total. The SMILES string of the molecule is C.CC(C)([C@H]1CCN(c2ccc(C(F)(F)F)nc2)C(=O)C1)S(=O)(=O)c1cc(F)cc(C(F)(F)F)c1. The van der Waals surface area contributed by atoms with Gasteiger partial charge >= 0.3 is 12.4 Å². The fourth-order valence-corrected chi connectivity index (χ4v) is 5.61. The highest BCUT2D eigenvalue weighted by Gasteiger charge is 2.47. The van der Waals surface area contributed by atoms with E-state index in [2.05, 4.69) is 4.98 Å². The Labute approximate surface area is 197 Å². The van der Waals surface area contributed by atoms with Gasteiger partial charge in [0.1, 0.15) is 11.5 Å². The number of benzene rings is 1. The maximum absolute atomic E-state index is 13.8. The fraction of sp³-hybridized carbons (Fsp3) is 0.455. The molecule has 1 aliphatic heterocycles. The first-order chi connectivity index (χ1) is 15.4. The van der Waals surface area contributed by atoms with Crippen molar-refractivity contribution in [2.75, 3.05) is 11.4 Å². The van der Waals surface area contributed by atoms with Crippen LogP contribution in [0.1, 0.15) is 45.4 Å². The van der Waals surface area contributed by atoms with Gasteiger partial charge in [-0.3, -0.25) is 4.79 Å². The summed E-state index contributed by atoms with van der Waals surface area (Å²) in [6.45, 7) is 2.44. The molecule has 0 unspecified atom stereocenters. The Bertz CT molecular complexity index is 1190. The topological polar surface area (TPSA) is 67.3 Å². The third-order valence-electron chi connectivity index (χ3n) is 5.96. The molecule has 1 aromatic carbocycles. The van der Waals surface area contributed by atoms with Gasteiger partial charge in [-0.15, -0.1) is 0 Å². The number of nitrogens with zero attached hydrogens (tertiary/aromatic N) is 2. The summed E-state index contributed by atoms with van der Waals surface area (Å²) < 4.78 is 116. The summed E-state index contributed by atoms with van der Waals surface area (Å²) in [6, 6.07) is 2.82. The van der Waals surface area contributed by atoms with Crippen LogP contribution in [0.15, 0.2) is 41.4 Å². The molecule has 35 heavy (non-hydrogen) atoms. The number of amides is 1. The minimum atomic E-state index is -4.96. The first-order valence-electron chi connectivity index (χ1n) is 9.90. The van der Waals surface area contributed by atoms with E-state index in [1.807, 2.05) is 0 Å². The van der Waals surface area contributed by atoms with E-state index < -0.39 is 60.7 Å². The largest absolute Gasteiger partial charge is 0.433 e. The molecular formula is C22H23F7N2O3S. The molecule has 1 saturated heterocycles. The van der Waals surface area contributed by atoms with Crippen molar-refractivity contribution < 1.29 is 43.9 Å². The molecule has 0 spiro atoms. The first kappa shape index (κ1) is 28.5. The molecular weight excluding hydrogens is 505 g/mol. The zero-order valence-electron chi connectivity index (χ0n) is 17.8. The number of anilines is 1. The van der Waals surface area contributed by atoms with Crippen LogP contribution in [-0.2, 0) is 27.0 Å². The number of halogens is 7. The summed E-state index contributed by atoms with van der Waals surface area (Å²) in [7, 11) is -4.52. The highest BCUT2D eigenvalue weighted by atomic mass is 32.2. The second kappa shape index (κ2) is 9.40. The van der Waals surface area contributed by atoms with Crippen LogP contribution in [0.3, 0.4) is 0 Å².